The van der Waals surface area contributed by atoms with Crippen molar-refractivity contribution in [2.45, 2.75) is 47.1 Å². The van der Waals surface area contributed by atoms with E-state index in [-0.39, 0.29) is 12.7 Å². The summed E-state index contributed by atoms with van der Waals surface area (Å²) in [5, 5.41) is 10.7. The molecule has 0 aliphatic carbocycles. The Morgan fingerprint density at radius 3 is 2.18 bits per heavy atom. The van der Waals surface area contributed by atoms with Crippen LogP contribution in [0.4, 0.5) is 4.79 Å². The highest BCUT2D eigenvalue weighted by atomic mass is 32.2. The maximum Gasteiger partial charge on any atom is 0.408 e. The number of amides is 1. The zero-order valence-corrected chi connectivity index (χ0v) is 12.4. The molecule has 0 unspecified atom stereocenters. The van der Waals surface area contributed by atoms with Crippen molar-refractivity contribution in [1.82, 2.24) is 5.32 Å². The van der Waals surface area contributed by atoms with Gasteiger partial charge in [0.25, 0.3) is 0 Å². The molecule has 0 fully saturated rings. The van der Waals surface area contributed by atoms with Gasteiger partial charge in [0.15, 0.2) is 6.79 Å². The molecule has 0 heterocycles. The van der Waals surface area contributed by atoms with Gasteiger partial charge in [-0.05, 0) is 26.7 Å². The number of hydrogen-bond acceptors (Lipinski definition) is 5. The summed E-state index contributed by atoms with van der Waals surface area (Å²) in [6.45, 7) is 11.5. The van der Waals surface area contributed by atoms with Crippen LogP contribution < -0.4 is 5.32 Å². The molecule has 0 rings (SSSR count). The number of alkyl carbamates (subject to hydrolysis) is 1. The predicted molar refractivity (Wildman–Crippen MR) is 70.5 cm³/mol. The number of aliphatic hydroxyl groups is 1. The van der Waals surface area contributed by atoms with Gasteiger partial charge in [0.05, 0.1) is 5.88 Å². The van der Waals surface area contributed by atoms with E-state index in [1.54, 1.807) is 20.8 Å². The Morgan fingerprint density at radius 1 is 1.35 bits per heavy atom. The van der Waals surface area contributed by atoms with Gasteiger partial charge in [-0.25, -0.2) is 4.79 Å². The Hall–Kier alpha value is -0.460. The van der Waals surface area contributed by atoms with Gasteiger partial charge in [0.1, 0.15) is 5.60 Å². The normalized spacial score (nSPS) is 10.6. The Labute approximate surface area is 108 Å². The highest BCUT2D eigenvalue weighted by Crippen LogP contribution is 2.07. The molecule has 0 saturated carbocycles. The maximum atomic E-state index is 11.0. The zero-order chi connectivity index (χ0) is 13.9. The molecular formula is C11H25NO4S. The van der Waals surface area contributed by atoms with Gasteiger partial charge in [-0.3, -0.25) is 4.18 Å². The Morgan fingerprint density at radius 2 is 1.82 bits per heavy atom. The summed E-state index contributed by atoms with van der Waals surface area (Å²) in [7, 11) is 0. The first-order valence-electron chi connectivity index (χ1n) is 5.51. The Balaban J connectivity index is 0. The quantitative estimate of drug-likeness (QED) is 0.466. The molecule has 5 nitrogen and oxygen atoms in total. The van der Waals surface area contributed by atoms with Crippen molar-refractivity contribution < 1.29 is 18.8 Å². The van der Waals surface area contributed by atoms with E-state index in [9.17, 15) is 4.79 Å². The van der Waals surface area contributed by atoms with E-state index >= 15 is 0 Å². The maximum absolute atomic E-state index is 11.0. The molecule has 2 N–H and O–H groups in total. The third-order valence-electron chi connectivity index (χ3n) is 0.810. The molecule has 0 bridgehead atoms. The Kier molecular flexibility index (Phi) is 11.9. The summed E-state index contributed by atoms with van der Waals surface area (Å²) in [5.41, 5.74) is -0.493. The van der Waals surface area contributed by atoms with Crippen LogP contribution in [0, 0.1) is 5.92 Å². The summed E-state index contributed by atoms with van der Waals surface area (Å²) >= 11 is 0.946. The molecule has 0 aliphatic rings. The van der Waals surface area contributed by atoms with Crippen molar-refractivity contribution in [3.63, 3.8) is 0 Å². The second-order valence-corrected chi connectivity index (χ2v) is 5.68. The molecule has 1 amide bonds. The minimum atomic E-state index is -0.499. The second-order valence-electron chi connectivity index (χ2n) is 4.92. The first-order valence-corrected chi connectivity index (χ1v) is 6.42. The number of aliphatic hydroxyl groups excluding tert-OH is 1. The lowest BCUT2D eigenvalue weighted by Crippen LogP contribution is -2.32. The number of carbonyl (C=O) groups is 1. The van der Waals surface area contributed by atoms with Crippen molar-refractivity contribution in [1.29, 1.82) is 0 Å². The van der Waals surface area contributed by atoms with E-state index < -0.39 is 11.7 Å². The standard InChI is InChI=1S/C7H15NO4S.C4H10/c1-7(2,3)12-6(10)8-4-13-11-5-9;1-4(2)3/h9H,4-5H2,1-3H3,(H,8,10);4H,1-3H3. The monoisotopic (exact) mass is 267 g/mol. The van der Waals surface area contributed by atoms with Crippen LogP contribution in [0.1, 0.15) is 41.5 Å². The fraction of sp³-hybridized carbons (Fsp3) is 0.909. The molecule has 6 heteroatoms. The molecule has 0 aromatic heterocycles. The fourth-order valence-corrected chi connectivity index (χ4v) is 0.816. The van der Waals surface area contributed by atoms with Crippen molar-refractivity contribution in [3.05, 3.63) is 0 Å². The molecule has 0 spiro atoms. The lowest BCUT2D eigenvalue weighted by Gasteiger charge is -2.19. The summed E-state index contributed by atoms with van der Waals surface area (Å²) in [6, 6.07) is 0. The molecule has 0 radical (unpaired) electrons. The number of ether oxygens (including phenoxy) is 1. The van der Waals surface area contributed by atoms with Crippen LogP contribution in [0.15, 0.2) is 0 Å². The smallest absolute Gasteiger partial charge is 0.408 e. The highest BCUT2D eigenvalue weighted by Gasteiger charge is 2.15. The van der Waals surface area contributed by atoms with Crippen LogP contribution >= 0.6 is 12.0 Å². The fourth-order valence-electron chi connectivity index (χ4n) is 0.482. The Bertz CT molecular complexity index is 190. The van der Waals surface area contributed by atoms with Gasteiger partial charge in [-0.2, -0.15) is 0 Å². The van der Waals surface area contributed by atoms with Crippen molar-refractivity contribution in [3.8, 4) is 0 Å². The molecule has 0 aliphatic heterocycles. The first kappa shape index (κ1) is 18.9. The van der Waals surface area contributed by atoms with Crippen LogP contribution in [0.25, 0.3) is 0 Å². The summed E-state index contributed by atoms with van der Waals surface area (Å²) in [6.07, 6.45) is -0.499. The molecule has 104 valence electrons. The van der Waals surface area contributed by atoms with E-state index in [2.05, 4.69) is 30.3 Å². The highest BCUT2D eigenvalue weighted by molar-refractivity contribution is 7.94. The average Bonchev–Trinajstić information content (AvgIpc) is 2.08. The van der Waals surface area contributed by atoms with Gasteiger partial charge < -0.3 is 15.2 Å². The van der Waals surface area contributed by atoms with Crippen LogP contribution in [0.5, 0.6) is 0 Å². The molecular weight excluding hydrogens is 242 g/mol. The van der Waals surface area contributed by atoms with E-state index in [0.29, 0.717) is 0 Å². The minimum Gasteiger partial charge on any atom is -0.444 e. The lowest BCUT2D eigenvalue weighted by molar-refractivity contribution is 0.0535. The van der Waals surface area contributed by atoms with Crippen LogP contribution in [0.2, 0.25) is 0 Å². The number of hydrogen-bond donors (Lipinski definition) is 2. The van der Waals surface area contributed by atoms with Gasteiger partial charge >= 0.3 is 6.09 Å². The predicted octanol–water partition coefficient (Wildman–Crippen LogP) is 2.75. The van der Waals surface area contributed by atoms with E-state index in [0.717, 1.165) is 18.0 Å². The molecule has 0 saturated heterocycles. The summed E-state index contributed by atoms with van der Waals surface area (Å²) in [5.74, 6) is 1.08. The number of rotatable bonds is 4. The summed E-state index contributed by atoms with van der Waals surface area (Å²) in [4.78, 5) is 11.0. The van der Waals surface area contributed by atoms with Gasteiger partial charge in [-0.1, -0.05) is 20.8 Å². The lowest BCUT2D eigenvalue weighted by atomic mass is 10.2. The third kappa shape index (κ3) is 25.6. The first-order chi connectivity index (χ1) is 7.69. The number of nitrogens with one attached hydrogen (secondary N) is 1. The van der Waals surface area contributed by atoms with Crippen LogP contribution in [-0.4, -0.2) is 29.5 Å². The SMILES string of the molecule is CC(C)(C)OC(=O)NCSOCO.CC(C)C. The third-order valence-corrected chi connectivity index (χ3v) is 1.34. The largest absolute Gasteiger partial charge is 0.444 e. The topological polar surface area (TPSA) is 67.8 Å². The van der Waals surface area contributed by atoms with Gasteiger partial charge in [-0.15, -0.1) is 0 Å². The van der Waals surface area contributed by atoms with Crippen molar-refractivity contribution in [2.75, 3.05) is 12.7 Å². The van der Waals surface area contributed by atoms with E-state index in [4.69, 9.17) is 9.84 Å². The number of carbonyl (C=O) groups excluding carboxylic acids is 1. The molecule has 0 aromatic rings. The van der Waals surface area contributed by atoms with Crippen LogP contribution in [-0.2, 0) is 8.92 Å². The molecule has 0 atom stereocenters. The van der Waals surface area contributed by atoms with E-state index in [1.807, 2.05) is 0 Å². The summed E-state index contributed by atoms with van der Waals surface area (Å²) < 4.78 is 9.45. The van der Waals surface area contributed by atoms with E-state index in [1.165, 1.54) is 0 Å². The minimum absolute atomic E-state index is 0.246. The van der Waals surface area contributed by atoms with Gasteiger partial charge in [0.2, 0.25) is 0 Å². The second kappa shape index (κ2) is 10.7. The zero-order valence-electron chi connectivity index (χ0n) is 11.6. The van der Waals surface area contributed by atoms with Crippen molar-refractivity contribution >= 4 is 18.1 Å². The van der Waals surface area contributed by atoms with Crippen molar-refractivity contribution in [2.24, 2.45) is 5.92 Å². The molecule has 0 aromatic carbocycles. The molecule has 17 heavy (non-hydrogen) atoms. The van der Waals surface area contributed by atoms with Gasteiger partial charge in [0, 0.05) is 12.0 Å². The van der Waals surface area contributed by atoms with Crippen LogP contribution in [0.3, 0.4) is 0 Å². The average molecular weight is 267 g/mol.